The van der Waals surface area contributed by atoms with Crippen LogP contribution in [0.4, 0.5) is 17.5 Å². The number of non-ortho nitro benzene ring substituents is 1. The number of benzene rings is 1. The second-order valence-corrected chi connectivity index (χ2v) is 8.99. The molecular weight excluding hydrogens is 396 g/mol. The molecule has 2 aliphatic rings. The molecule has 3 heterocycles. The first-order valence-electron chi connectivity index (χ1n) is 9.53. The number of piperazine rings is 1. The van der Waals surface area contributed by atoms with Crippen LogP contribution in [0.3, 0.4) is 0 Å². The zero-order chi connectivity index (χ0) is 20.4. The number of nitro groups is 1. The Kier molecular flexibility index (Phi) is 5.33. The van der Waals surface area contributed by atoms with E-state index in [1.54, 1.807) is 6.20 Å². The van der Waals surface area contributed by atoms with Gasteiger partial charge in [0.05, 0.1) is 9.82 Å². The Morgan fingerprint density at radius 1 is 0.966 bits per heavy atom. The van der Waals surface area contributed by atoms with E-state index in [4.69, 9.17) is 0 Å². The largest absolute Gasteiger partial charge is 0.354 e. The first kappa shape index (κ1) is 19.5. The molecule has 2 fully saturated rings. The molecule has 0 N–H and O–H groups in total. The smallest absolute Gasteiger partial charge is 0.270 e. The summed E-state index contributed by atoms with van der Waals surface area (Å²) < 4.78 is 27.1. The molecule has 0 bridgehead atoms. The van der Waals surface area contributed by atoms with E-state index >= 15 is 0 Å². The summed E-state index contributed by atoms with van der Waals surface area (Å²) in [4.78, 5) is 23.5. The molecule has 11 heteroatoms. The highest BCUT2D eigenvalue weighted by Crippen LogP contribution is 2.24. The van der Waals surface area contributed by atoms with Crippen molar-refractivity contribution >= 4 is 27.5 Å². The molecule has 2 aromatic rings. The van der Waals surface area contributed by atoms with Crippen LogP contribution >= 0.6 is 0 Å². The number of aromatic nitrogens is 2. The van der Waals surface area contributed by atoms with E-state index in [-0.39, 0.29) is 23.7 Å². The van der Waals surface area contributed by atoms with Gasteiger partial charge in [0.15, 0.2) is 0 Å². The molecule has 0 amide bonds. The Labute approximate surface area is 169 Å². The average molecular weight is 418 g/mol. The van der Waals surface area contributed by atoms with Crippen LogP contribution in [-0.2, 0) is 10.0 Å². The second kappa shape index (κ2) is 7.91. The highest BCUT2D eigenvalue weighted by Gasteiger charge is 2.30. The third kappa shape index (κ3) is 4.01. The lowest BCUT2D eigenvalue weighted by atomic mass is 10.3. The fourth-order valence-corrected chi connectivity index (χ4v) is 5.11. The summed E-state index contributed by atoms with van der Waals surface area (Å²) in [5, 5.41) is 11.0. The van der Waals surface area contributed by atoms with Gasteiger partial charge in [-0.3, -0.25) is 10.1 Å². The molecule has 0 atom stereocenters. The fraction of sp³-hybridized carbons (Fsp3) is 0.444. The van der Waals surface area contributed by atoms with Gasteiger partial charge in [0.1, 0.15) is 5.82 Å². The monoisotopic (exact) mass is 418 g/mol. The molecule has 0 radical (unpaired) electrons. The van der Waals surface area contributed by atoms with Gasteiger partial charge in [-0.1, -0.05) is 6.07 Å². The van der Waals surface area contributed by atoms with Crippen molar-refractivity contribution in [1.82, 2.24) is 14.3 Å². The van der Waals surface area contributed by atoms with Crippen LogP contribution in [-0.4, -0.2) is 66.9 Å². The lowest BCUT2D eigenvalue weighted by molar-refractivity contribution is -0.385. The van der Waals surface area contributed by atoms with E-state index < -0.39 is 14.9 Å². The summed E-state index contributed by atoms with van der Waals surface area (Å²) in [7, 11) is -3.78. The minimum absolute atomic E-state index is 0.0569. The minimum atomic E-state index is -3.78. The van der Waals surface area contributed by atoms with Crippen molar-refractivity contribution in [2.45, 2.75) is 17.7 Å². The molecule has 1 aromatic heterocycles. The molecular formula is C18H22N6O4S. The normalized spacial score (nSPS) is 18.2. The van der Waals surface area contributed by atoms with E-state index in [2.05, 4.69) is 14.9 Å². The Morgan fingerprint density at radius 3 is 2.38 bits per heavy atom. The molecule has 0 spiro atoms. The zero-order valence-corrected chi connectivity index (χ0v) is 16.7. The standard InChI is InChI=1S/C18H22N6O4S/c25-24(26)15-4-3-5-16(14-15)29(27,28)23-12-10-21(11-13-23)17-6-7-19-18(20-17)22-8-1-2-9-22/h3-7,14H,1-2,8-13H2. The summed E-state index contributed by atoms with van der Waals surface area (Å²) in [5.74, 6) is 1.50. The third-order valence-corrected chi connectivity index (χ3v) is 7.14. The van der Waals surface area contributed by atoms with E-state index in [0.29, 0.717) is 19.0 Å². The van der Waals surface area contributed by atoms with E-state index in [1.807, 2.05) is 11.0 Å². The van der Waals surface area contributed by atoms with Crippen molar-refractivity contribution in [3.05, 3.63) is 46.6 Å². The molecule has 29 heavy (non-hydrogen) atoms. The summed E-state index contributed by atoms with van der Waals surface area (Å²) >= 11 is 0. The SMILES string of the molecule is O=[N+]([O-])c1cccc(S(=O)(=O)N2CCN(c3ccnc(N4CCCC4)n3)CC2)c1. The lowest BCUT2D eigenvalue weighted by Gasteiger charge is -2.34. The van der Waals surface area contributed by atoms with Crippen molar-refractivity contribution in [3.8, 4) is 0 Å². The van der Waals surface area contributed by atoms with Crippen LogP contribution in [0.25, 0.3) is 0 Å². The molecule has 4 rings (SSSR count). The van der Waals surface area contributed by atoms with Gasteiger partial charge < -0.3 is 9.80 Å². The summed E-state index contributed by atoms with van der Waals surface area (Å²) in [6.07, 6.45) is 4.02. The maximum Gasteiger partial charge on any atom is 0.270 e. The Morgan fingerprint density at radius 2 is 1.69 bits per heavy atom. The van der Waals surface area contributed by atoms with E-state index in [9.17, 15) is 18.5 Å². The fourth-order valence-electron chi connectivity index (χ4n) is 3.65. The van der Waals surface area contributed by atoms with Crippen LogP contribution in [0.1, 0.15) is 12.8 Å². The van der Waals surface area contributed by atoms with Gasteiger partial charge in [0, 0.05) is 57.6 Å². The average Bonchev–Trinajstić information content (AvgIpc) is 3.29. The van der Waals surface area contributed by atoms with Crippen molar-refractivity contribution in [2.75, 3.05) is 49.1 Å². The van der Waals surface area contributed by atoms with Gasteiger partial charge in [-0.2, -0.15) is 9.29 Å². The van der Waals surface area contributed by atoms with Crippen molar-refractivity contribution in [2.24, 2.45) is 0 Å². The van der Waals surface area contributed by atoms with Gasteiger partial charge in [0.2, 0.25) is 16.0 Å². The predicted molar refractivity (Wildman–Crippen MR) is 108 cm³/mol. The third-order valence-electron chi connectivity index (χ3n) is 5.25. The Balaban J connectivity index is 1.46. The van der Waals surface area contributed by atoms with Gasteiger partial charge in [0.25, 0.3) is 5.69 Å². The number of nitrogens with zero attached hydrogens (tertiary/aromatic N) is 6. The topological polar surface area (TPSA) is 113 Å². The van der Waals surface area contributed by atoms with E-state index in [1.165, 1.54) is 22.5 Å². The van der Waals surface area contributed by atoms with Crippen LogP contribution < -0.4 is 9.80 Å². The highest BCUT2D eigenvalue weighted by atomic mass is 32.2. The summed E-state index contributed by atoms with van der Waals surface area (Å²) in [5.41, 5.74) is -0.236. The van der Waals surface area contributed by atoms with Gasteiger partial charge in [-0.15, -0.1) is 0 Å². The first-order chi connectivity index (χ1) is 13.9. The number of rotatable bonds is 5. The van der Waals surface area contributed by atoms with E-state index in [0.717, 1.165) is 37.8 Å². The van der Waals surface area contributed by atoms with Crippen LogP contribution in [0.15, 0.2) is 41.4 Å². The van der Waals surface area contributed by atoms with Crippen molar-refractivity contribution in [3.63, 3.8) is 0 Å². The van der Waals surface area contributed by atoms with Gasteiger partial charge in [-0.25, -0.2) is 13.4 Å². The number of hydrogen-bond acceptors (Lipinski definition) is 8. The number of sulfonamides is 1. The second-order valence-electron chi connectivity index (χ2n) is 7.05. The zero-order valence-electron chi connectivity index (χ0n) is 15.8. The van der Waals surface area contributed by atoms with Crippen LogP contribution in [0.5, 0.6) is 0 Å². The molecule has 2 saturated heterocycles. The molecule has 154 valence electrons. The predicted octanol–water partition coefficient (Wildman–Crippen LogP) is 1.50. The van der Waals surface area contributed by atoms with Crippen LogP contribution in [0, 0.1) is 10.1 Å². The van der Waals surface area contributed by atoms with Crippen molar-refractivity contribution in [1.29, 1.82) is 0 Å². The first-order valence-corrected chi connectivity index (χ1v) is 11.0. The maximum absolute atomic E-state index is 12.9. The lowest BCUT2D eigenvalue weighted by Crippen LogP contribution is -2.49. The minimum Gasteiger partial charge on any atom is -0.354 e. The quantitative estimate of drug-likeness (QED) is 0.530. The van der Waals surface area contributed by atoms with Crippen LogP contribution in [0.2, 0.25) is 0 Å². The van der Waals surface area contributed by atoms with Gasteiger partial charge in [-0.05, 0) is 25.0 Å². The van der Waals surface area contributed by atoms with Crippen molar-refractivity contribution < 1.29 is 13.3 Å². The summed E-state index contributed by atoms with van der Waals surface area (Å²) in [6.45, 7) is 3.47. The number of anilines is 2. The molecule has 1 aromatic carbocycles. The molecule has 2 aliphatic heterocycles. The van der Waals surface area contributed by atoms with Gasteiger partial charge >= 0.3 is 0 Å². The highest BCUT2D eigenvalue weighted by molar-refractivity contribution is 7.89. The molecule has 0 saturated carbocycles. The number of nitro benzene ring substituents is 1. The molecule has 10 nitrogen and oxygen atoms in total. The molecule has 0 unspecified atom stereocenters. The Hall–Kier alpha value is -2.79. The Bertz CT molecular complexity index is 1000. The summed E-state index contributed by atoms with van der Waals surface area (Å²) in [6, 6.07) is 7.01. The maximum atomic E-state index is 12.9. The number of hydrogen-bond donors (Lipinski definition) is 0. The molecule has 0 aliphatic carbocycles.